The zero-order chi connectivity index (χ0) is 34.7. The van der Waals surface area contributed by atoms with Crippen molar-refractivity contribution in [2.75, 3.05) is 6.61 Å². The number of esters is 1. The van der Waals surface area contributed by atoms with Gasteiger partial charge < -0.3 is 9.57 Å². The SMILES string of the molecule is CCOC(=O)C(CCc1ccc2c(c1)CCc1nc(C3ON=C(c4ccccc4)C3C(F)(F)F)sc1-2)N=C(c1ccccc1)c1ccccc1. The Labute approximate surface area is 292 Å². The third kappa shape index (κ3) is 6.98. The highest BCUT2D eigenvalue weighted by Gasteiger charge is 2.55. The lowest BCUT2D eigenvalue weighted by molar-refractivity contribution is -0.177. The minimum Gasteiger partial charge on any atom is -0.464 e. The molecule has 1 aliphatic heterocycles. The van der Waals surface area contributed by atoms with Crippen molar-refractivity contribution in [3.05, 3.63) is 148 Å². The van der Waals surface area contributed by atoms with Gasteiger partial charge in [0, 0.05) is 16.7 Å². The van der Waals surface area contributed by atoms with Gasteiger partial charge in [-0.3, -0.25) is 4.99 Å². The molecule has 0 spiro atoms. The molecule has 4 aromatic carbocycles. The molecule has 0 N–H and O–H groups in total. The summed E-state index contributed by atoms with van der Waals surface area (Å²) in [5.41, 5.74) is 6.66. The number of alkyl halides is 3. The fourth-order valence-electron chi connectivity index (χ4n) is 6.53. The van der Waals surface area contributed by atoms with Gasteiger partial charge in [0.1, 0.15) is 22.7 Å². The van der Waals surface area contributed by atoms with E-state index in [4.69, 9.17) is 14.6 Å². The molecule has 0 saturated carbocycles. The van der Waals surface area contributed by atoms with Crippen LogP contribution in [-0.2, 0) is 33.6 Å². The first-order chi connectivity index (χ1) is 24.3. The Kier molecular flexibility index (Phi) is 9.63. The number of rotatable bonds is 10. The van der Waals surface area contributed by atoms with E-state index in [1.54, 1.807) is 37.3 Å². The second-order valence-corrected chi connectivity index (χ2v) is 13.3. The molecule has 0 bridgehead atoms. The molecule has 2 aliphatic rings. The quantitative estimate of drug-likeness (QED) is 0.108. The Bertz CT molecular complexity index is 1990. The molecule has 254 valence electrons. The number of oxime groups is 1. The molecule has 1 aliphatic carbocycles. The van der Waals surface area contributed by atoms with Crippen molar-refractivity contribution >= 4 is 28.7 Å². The van der Waals surface area contributed by atoms with Crippen LogP contribution in [0.1, 0.15) is 58.0 Å². The lowest BCUT2D eigenvalue weighted by Gasteiger charge is -2.20. The van der Waals surface area contributed by atoms with Crippen molar-refractivity contribution in [1.82, 2.24) is 4.98 Å². The van der Waals surface area contributed by atoms with Crippen molar-refractivity contribution in [2.45, 2.75) is 50.9 Å². The normalized spacial score (nSPS) is 17.2. The highest BCUT2D eigenvalue weighted by Crippen LogP contribution is 2.48. The maximum absolute atomic E-state index is 14.4. The van der Waals surface area contributed by atoms with E-state index < -0.39 is 24.2 Å². The van der Waals surface area contributed by atoms with Crippen LogP contribution in [0.3, 0.4) is 0 Å². The number of halogens is 3. The number of hydrogen-bond acceptors (Lipinski definition) is 7. The molecule has 0 saturated heterocycles. The number of fused-ring (bicyclic) bond motifs is 3. The van der Waals surface area contributed by atoms with Crippen LogP contribution >= 0.6 is 11.3 Å². The predicted molar refractivity (Wildman–Crippen MR) is 189 cm³/mol. The summed E-state index contributed by atoms with van der Waals surface area (Å²) in [7, 11) is 0. The predicted octanol–water partition coefficient (Wildman–Crippen LogP) is 8.96. The monoisotopic (exact) mass is 693 g/mol. The number of aryl methyl sites for hydroxylation is 3. The van der Waals surface area contributed by atoms with E-state index in [-0.39, 0.29) is 23.3 Å². The van der Waals surface area contributed by atoms with Gasteiger partial charge in [-0.05, 0) is 49.3 Å². The zero-order valence-corrected chi connectivity index (χ0v) is 28.1. The molecule has 3 unspecified atom stereocenters. The summed E-state index contributed by atoms with van der Waals surface area (Å²) < 4.78 is 48.8. The average Bonchev–Trinajstić information content (AvgIpc) is 3.79. The van der Waals surface area contributed by atoms with E-state index in [9.17, 15) is 18.0 Å². The molecule has 2 heterocycles. The Morgan fingerprint density at radius 1 is 0.940 bits per heavy atom. The van der Waals surface area contributed by atoms with Gasteiger partial charge >= 0.3 is 12.1 Å². The van der Waals surface area contributed by atoms with Crippen LogP contribution in [0.2, 0.25) is 0 Å². The molecule has 1 aromatic heterocycles. The van der Waals surface area contributed by atoms with Gasteiger partial charge in [0.25, 0.3) is 0 Å². The summed E-state index contributed by atoms with van der Waals surface area (Å²) in [5, 5.41) is 4.18. The van der Waals surface area contributed by atoms with Crippen molar-refractivity contribution in [1.29, 1.82) is 0 Å². The minimum absolute atomic E-state index is 0.133. The second kappa shape index (κ2) is 14.4. The molecule has 0 radical (unpaired) electrons. The second-order valence-electron chi connectivity index (χ2n) is 12.2. The molecular formula is C40H34F3N3O3S. The molecule has 0 fully saturated rings. The number of hydrogen-bond donors (Lipinski definition) is 0. The van der Waals surface area contributed by atoms with Gasteiger partial charge in [-0.1, -0.05) is 114 Å². The van der Waals surface area contributed by atoms with Crippen molar-refractivity contribution in [3.8, 4) is 10.4 Å². The fourth-order valence-corrected chi connectivity index (χ4v) is 7.76. The van der Waals surface area contributed by atoms with Gasteiger partial charge in [0.15, 0.2) is 6.10 Å². The smallest absolute Gasteiger partial charge is 0.401 e. The lowest BCUT2D eigenvalue weighted by Crippen LogP contribution is -2.33. The number of thiazole rings is 1. The highest BCUT2D eigenvalue weighted by molar-refractivity contribution is 7.15. The maximum Gasteiger partial charge on any atom is 0.401 e. The largest absolute Gasteiger partial charge is 0.464 e. The first-order valence-corrected chi connectivity index (χ1v) is 17.4. The van der Waals surface area contributed by atoms with Crippen molar-refractivity contribution < 1.29 is 27.5 Å². The average molecular weight is 694 g/mol. The van der Waals surface area contributed by atoms with Crippen LogP contribution in [0.4, 0.5) is 13.2 Å². The van der Waals surface area contributed by atoms with E-state index in [0.717, 1.165) is 44.1 Å². The summed E-state index contributed by atoms with van der Waals surface area (Å²) >= 11 is 1.24. The van der Waals surface area contributed by atoms with Crippen LogP contribution in [0, 0.1) is 5.92 Å². The number of aliphatic imine (C=N–C) groups is 1. The van der Waals surface area contributed by atoms with Crippen LogP contribution in [-0.4, -0.2) is 41.2 Å². The Hall–Kier alpha value is -5.09. The van der Waals surface area contributed by atoms with Crippen LogP contribution in [0.5, 0.6) is 0 Å². The number of ether oxygens (including phenoxy) is 1. The van der Waals surface area contributed by atoms with E-state index in [1.165, 1.54) is 11.3 Å². The summed E-state index contributed by atoms with van der Waals surface area (Å²) in [6.07, 6.45) is -3.58. The molecule has 10 heteroatoms. The van der Waals surface area contributed by atoms with Crippen LogP contribution < -0.4 is 0 Å². The molecule has 0 amide bonds. The number of carbonyl (C=O) groups excluding carboxylic acids is 1. The highest BCUT2D eigenvalue weighted by atomic mass is 32.1. The number of benzene rings is 4. The fraction of sp³-hybridized carbons (Fsp3) is 0.250. The summed E-state index contributed by atoms with van der Waals surface area (Å²) in [4.78, 5) is 29.2. The van der Waals surface area contributed by atoms with Crippen molar-refractivity contribution in [3.63, 3.8) is 0 Å². The Balaban J connectivity index is 1.13. The molecular weight excluding hydrogens is 660 g/mol. The zero-order valence-electron chi connectivity index (χ0n) is 27.3. The summed E-state index contributed by atoms with van der Waals surface area (Å²) in [6, 6.07) is 33.4. The number of aromatic nitrogens is 1. The third-order valence-corrected chi connectivity index (χ3v) is 10.1. The van der Waals surface area contributed by atoms with Gasteiger partial charge in [0.2, 0.25) is 0 Å². The van der Waals surface area contributed by atoms with Gasteiger partial charge in [-0.15, -0.1) is 11.3 Å². The van der Waals surface area contributed by atoms with E-state index in [2.05, 4.69) is 16.2 Å². The first-order valence-electron chi connectivity index (χ1n) is 16.6. The van der Waals surface area contributed by atoms with E-state index >= 15 is 0 Å². The van der Waals surface area contributed by atoms with Gasteiger partial charge in [-0.25, -0.2) is 9.78 Å². The third-order valence-electron chi connectivity index (χ3n) is 8.93. The van der Waals surface area contributed by atoms with E-state index in [1.807, 2.05) is 72.8 Å². The van der Waals surface area contributed by atoms with Crippen LogP contribution in [0.15, 0.2) is 119 Å². The molecule has 6 nitrogen and oxygen atoms in total. The Morgan fingerprint density at radius 2 is 1.60 bits per heavy atom. The topological polar surface area (TPSA) is 73.1 Å². The Morgan fingerprint density at radius 3 is 2.24 bits per heavy atom. The lowest BCUT2D eigenvalue weighted by atomic mass is 9.90. The molecule has 5 aromatic rings. The summed E-state index contributed by atoms with van der Waals surface area (Å²) in [6.45, 7) is 2.04. The minimum atomic E-state index is -4.57. The van der Waals surface area contributed by atoms with Crippen LogP contribution in [0.25, 0.3) is 10.4 Å². The van der Waals surface area contributed by atoms with Gasteiger partial charge in [0.05, 0.1) is 22.9 Å². The van der Waals surface area contributed by atoms with Gasteiger partial charge in [-0.2, -0.15) is 13.2 Å². The molecule has 3 atom stereocenters. The standard InChI is InChI=1S/C40H34F3N3O3S/c1-2-48-39(47)32(44-34(26-12-6-3-7-13-26)27-14-8-4-9-15-27)22-19-25-18-21-30-29(24-25)20-23-31-37(30)50-38(45-31)36-33(40(41,42)43)35(46-49-36)28-16-10-5-11-17-28/h3-18,21,24,32-33,36H,2,19-20,22-23H2,1H3. The van der Waals surface area contributed by atoms with Crippen molar-refractivity contribution in [2.24, 2.45) is 16.1 Å². The number of carbonyl (C=O) groups is 1. The molecule has 50 heavy (non-hydrogen) atoms. The summed E-state index contributed by atoms with van der Waals surface area (Å²) in [5.74, 6) is -2.29. The molecule has 7 rings (SSSR count). The van der Waals surface area contributed by atoms with E-state index in [0.29, 0.717) is 31.2 Å². The first kappa shape index (κ1) is 33.4. The number of nitrogens with zero attached hydrogens (tertiary/aromatic N) is 3. The maximum atomic E-state index is 14.4.